The summed E-state index contributed by atoms with van der Waals surface area (Å²) >= 11 is 0. The lowest BCUT2D eigenvalue weighted by molar-refractivity contribution is 0.288. The lowest BCUT2D eigenvalue weighted by atomic mass is 10.2. The van der Waals surface area contributed by atoms with Gasteiger partial charge < -0.3 is 15.3 Å². The van der Waals surface area contributed by atoms with Crippen molar-refractivity contribution in [1.82, 2.24) is 9.97 Å². The average molecular weight is 238 g/mol. The van der Waals surface area contributed by atoms with Gasteiger partial charge in [-0.2, -0.15) is 4.98 Å². The van der Waals surface area contributed by atoms with Crippen molar-refractivity contribution in [3.05, 3.63) is 11.8 Å². The van der Waals surface area contributed by atoms with Crippen molar-refractivity contribution >= 4 is 11.8 Å². The van der Waals surface area contributed by atoms with Gasteiger partial charge in [0.15, 0.2) is 0 Å². The molecule has 0 radical (unpaired) electrons. The lowest BCUT2D eigenvalue weighted by Crippen LogP contribution is -2.33. The number of aromatic nitrogens is 2. The van der Waals surface area contributed by atoms with Crippen LogP contribution in [0.3, 0.4) is 0 Å². The molecule has 1 heterocycles. The molecule has 0 aliphatic carbocycles. The van der Waals surface area contributed by atoms with Gasteiger partial charge >= 0.3 is 0 Å². The third kappa shape index (κ3) is 3.85. The molecule has 0 bridgehead atoms. The van der Waals surface area contributed by atoms with Gasteiger partial charge in [0, 0.05) is 38.0 Å². The maximum absolute atomic E-state index is 8.93. The van der Waals surface area contributed by atoms with Crippen molar-refractivity contribution in [2.24, 2.45) is 0 Å². The zero-order chi connectivity index (χ0) is 12.8. The summed E-state index contributed by atoms with van der Waals surface area (Å²) in [6.45, 7) is 7.19. The number of nitrogens with zero attached hydrogens (tertiary/aromatic N) is 3. The highest BCUT2D eigenvalue weighted by atomic mass is 16.3. The van der Waals surface area contributed by atoms with Crippen LogP contribution in [0.4, 0.5) is 11.8 Å². The molecule has 0 fully saturated rings. The van der Waals surface area contributed by atoms with E-state index in [4.69, 9.17) is 5.11 Å². The number of rotatable bonds is 6. The van der Waals surface area contributed by atoms with E-state index in [9.17, 15) is 0 Å². The van der Waals surface area contributed by atoms with E-state index in [1.165, 1.54) is 0 Å². The normalized spacial score (nSPS) is 10.7. The van der Waals surface area contributed by atoms with Gasteiger partial charge in [0.05, 0.1) is 0 Å². The van der Waals surface area contributed by atoms with Gasteiger partial charge in [-0.3, -0.25) is 0 Å². The Labute approximate surface area is 103 Å². The highest BCUT2D eigenvalue weighted by molar-refractivity contribution is 5.45. The zero-order valence-electron chi connectivity index (χ0n) is 11.1. The van der Waals surface area contributed by atoms with Gasteiger partial charge in [0.2, 0.25) is 5.95 Å². The fourth-order valence-electron chi connectivity index (χ4n) is 1.69. The number of hydrogen-bond acceptors (Lipinski definition) is 5. The van der Waals surface area contributed by atoms with Crippen LogP contribution in [-0.4, -0.2) is 41.3 Å². The summed E-state index contributed by atoms with van der Waals surface area (Å²) in [7, 11) is 1.81. The first-order valence-electron chi connectivity index (χ1n) is 5.99. The molecule has 2 N–H and O–H groups in total. The Morgan fingerprint density at radius 2 is 2.12 bits per heavy atom. The fraction of sp³-hybridized carbons (Fsp3) is 0.667. The Morgan fingerprint density at radius 3 is 2.65 bits per heavy atom. The first-order valence-corrected chi connectivity index (χ1v) is 5.99. The number of hydrogen-bond donors (Lipinski definition) is 2. The second-order valence-electron chi connectivity index (χ2n) is 4.31. The monoisotopic (exact) mass is 238 g/mol. The van der Waals surface area contributed by atoms with Gasteiger partial charge in [-0.15, -0.1) is 0 Å². The molecule has 1 aromatic heterocycles. The Morgan fingerprint density at radius 1 is 1.41 bits per heavy atom. The van der Waals surface area contributed by atoms with E-state index in [1.807, 2.05) is 20.0 Å². The smallest absolute Gasteiger partial charge is 0.224 e. The molecule has 5 nitrogen and oxygen atoms in total. The molecular formula is C12H22N4O. The summed E-state index contributed by atoms with van der Waals surface area (Å²) in [6, 6.07) is 2.32. The number of aliphatic hydroxyl groups is 1. The van der Waals surface area contributed by atoms with Crippen LogP contribution in [0.15, 0.2) is 6.07 Å². The molecule has 0 saturated heterocycles. The van der Waals surface area contributed by atoms with Gasteiger partial charge in [-0.25, -0.2) is 4.98 Å². The molecule has 17 heavy (non-hydrogen) atoms. The topological polar surface area (TPSA) is 61.3 Å². The molecular weight excluding hydrogens is 216 g/mol. The summed E-state index contributed by atoms with van der Waals surface area (Å²) in [4.78, 5) is 10.9. The summed E-state index contributed by atoms with van der Waals surface area (Å²) in [6.07, 6.45) is 0.746. The zero-order valence-corrected chi connectivity index (χ0v) is 11.1. The molecule has 1 aromatic rings. The summed E-state index contributed by atoms with van der Waals surface area (Å²) in [5, 5.41) is 11.9. The van der Waals surface area contributed by atoms with Gasteiger partial charge in [0.1, 0.15) is 5.82 Å². The lowest BCUT2D eigenvalue weighted by Gasteiger charge is -2.28. The highest BCUT2D eigenvalue weighted by Crippen LogP contribution is 2.17. The maximum Gasteiger partial charge on any atom is 0.224 e. The third-order valence-corrected chi connectivity index (χ3v) is 2.54. The number of anilines is 2. The van der Waals surface area contributed by atoms with Crippen LogP contribution in [0, 0.1) is 6.92 Å². The SMILES string of the molecule is CNc1nc(C)cc(N(CCCO)C(C)C)n1. The van der Waals surface area contributed by atoms with Crippen molar-refractivity contribution in [2.75, 3.05) is 30.4 Å². The van der Waals surface area contributed by atoms with Crippen LogP contribution in [0.1, 0.15) is 26.0 Å². The molecule has 0 aromatic carbocycles. The second-order valence-corrected chi connectivity index (χ2v) is 4.31. The maximum atomic E-state index is 8.93. The molecule has 0 saturated carbocycles. The summed E-state index contributed by atoms with van der Waals surface area (Å²) in [5.41, 5.74) is 0.939. The number of aliphatic hydroxyl groups excluding tert-OH is 1. The van der Waals surface area contributed by atoms with Crippen LogP contribution in [0.25, 0.3) is 0 Å². The standard InChI is InChI=1S/C12H22N4O/c1-9(2)16(6-5-7-17)11-8-10(3)14-12(13-4)15-11/h8-9,17H,5-7H2,1-4H3,(H,13,14,15). The highest BCUT2D eigenvalue weighted by Gasteiger charge is 2.13. The Hall–Kier alpha value is -1.36. The van der Waals surface area contributed by atoms with E-state index >= 15 is 0 Å². The quantitative estimate of drug-likeness (QED) is 0.785. The Bertz CT molecular complexity index is 354. The third-order valence-electron chi connectivity index (χ3n) is 2.54. The minimum atomic E-state index is 0.201. The molecule has 0 unspecified atom stereocenters. The van der Waals surface area contributed by atoms with E-state index in [1.54, 1.807) is 0 Å². The molecule has 0 spiro atoms. The minimum absolute atomic E-state index is 0.201. The second kappa shape index (κ2) is 6.39. The van der Waals surface area contributed by atoms with E-state index in [-0.39, 0.29) is 6.61 Å². The molecule has 96 valence electrons. The largest absolute Gasteiger partial charge is 0.396 e. The Balaban J connectivity index is 2.96. The van der Waals surface area contributed by atoms with Gasteiger partial charge in [-0.05, 0) is 27.2 Å². The van der Waals surface area contributed by atoms with Gasteiger partial charge in [0.25, 0.3) is 0 Å². The van der Waals surface area contributed by atoms with E-state index in [0.717, 1.165) is 24.5 Å². The van der Waals surface area contributed by atoms with Crippen molar-refractivity contribution < 1.29 is 5.11 Å². The molecule has 0 aliphatic heterocycles. The van der Waals surface area contributed by atoms with Crippen LogP contribution in [-0.2, 0) is 0 Å². The van der Waals surface area contributed by atoms with Crippen LogP contribution < -0.4 is 10.2 Å². The number of nitrogens with one attached hydrogen (secondary N) is 1. The predicted octanol–water partition coefficient (Wildman–Crippen LogP) is 1.42. The average Bonchev–Trinajstić information content (AvgIpc) is 2.28. The molecule has 0 amide bonds. The first-order chi connectivity index (χ1) is 8.08. The molecule has 1 rings (SSSR count). The minimum Gasteiger partial charge on any atom is -0.396 e. The first kappa shape index (κ1) is 13.7. The molecule has 0 aliphatic rings. The number of aryl methyl sites for hydroxylation is 1. The fourth-order valence-corrected chi connectivity index (χ4v) is 1.69. The van der Waals surface area contributed by atoms with Crippen LogP contribution in [0.2, 0.25) is 0 Å². The predicted molar refractivity (Wildman–Crippen MR) is 70.5 cm³/mol. The van der Waals surface area contributed by atoms with Crippen LogP contribution >= 0.6 is 0 Å². The van der Waals surface area contributed by atoms with Crippen molar-refractivity contribution in [3.8, 4) is 0 Å². The molecule has 0 atom stereocenters. The summed E-state index contributed by atoms with van der Waals surface area (Å²) < 4.78 is 0. The van der Waals surface area contributed by atoms with Crippen molar-refractivity contribution in [2.45, 2.75) is 33.2 Å². The van der Waals surface area contributed by atoms with E-state index in [0.29, 0.717) is 12.0 Å². The van der Waals surface area contributed by atoms with Crippen LogP contribution in [0.5, 0.6) is 0 Å². The van der Waals surface area contributed by atoms with Crippen molar-refractivity contribution in [3.63, 3.8) is 0 Å². The van der Waals surface area contributed by atoms with Crippen molar-refractivity contribution in [1.29, 1.82) is 0 Å². The van der Waals surface area contributed by atoms with Gasteiger partial charge in [-0.1, -0.05) is 0 Å². The molecule has 5 heteroatoms. The van der Waals surface area contributed by atoms with E-state index in [2.05, 4.69) is 34.0 Å². The van der Waals surface area contributed by atoms with E-state index < -0.39 is 0 Å². The Kier molecular flexibility index (Phi) is 5.15. The summed E-state index contributed by atoms with van der Waals surface area (Å²) in [5.74, 6) is 1.54.